The normalized spacial score (nSPS) is 11.3. The van der Waals surface area contributed by atoms with Crippen LogP contribution in [-0.2, 0) is 13.1 Å². The van der Waals surface area contributed by atoms with E-state index in [1.165, 1.54) is 0 Å². The highest BCUT2D eigenvalue weighted by Crippen LogP contribution is 2.14. The van der Waals surface area contributed by atoms with Gasteiger partial charge in [-0.2, -0.15) is 0 Å². The quantitative estimate of drug-likeness (QED) is 0.365. The van der Waals surface area contributed by atoms with E-state index < -0.39 is 0 Å². The number of halogens is 1. The van der Waals surface area contributed by atoms with Crippen LogP contribution in [0.4, 0.5) is 0 Å². The van der Waals surface area contributed by atoms with E-state index in [9.17, 15) is 0 Å². The number of aromatic nitrogens is 2. The molecule has 0 aliphatic carbocycles. The SMILES string of the molecule is CN=C(NCCn1c(C)nc2ccccc21)NCc1ccoc1.I. The number of guanidine groups is 1. The molecule has 0 radical (unpaired) electrons. The molecule has 24 heavy (non-hydrogen) atoms. The van der Waals surface area contributed by atoms with Gasteiger partial charge in [0.05, 0.1) is 23.6 Å². The minimum Gasteiger partial charge on any atom is -0.472 e. The van der Waals surface area contributed by atoms with Crippen LogP contribution in [0.15, 0.2) is 52.3 Å². The molecule has 0 aliphatic rings. The first kappa shape index (κ1) is 18.3. The number of aliphatic imine (C=N–C) groups is 1. The highest BCUT2D eigenvalue weighted by molar-refractivity contribution is 14.0. The lowest BCUT2D eigenvalue weighted by Crippen LogP contribution is -2.38. The number of nitrogens with zero attached hydrogens (tertiary/aromatic N) is 3. The van der Waals surface area contributed by atoms with Crippen LogP contribution in [0.3, 0.4) is 0 Å². The summed E-state index contributed by atoms with van der Waals surface area (Å²) in [5.41, 5.74) is 3.28. The van der Waals surface area contributed by atoms with E-state index in [2.05, 4.69) is 31.2 Å². The lowest BCUT2D eigenvalue weighted by atomic mass is 10.3. The van der Waals surface area contributed by atoms with E-state index in [0.717, 1.165) is 41.5 Å². The van der Waals surface area contributed by atoms with Crippen LogP contribution in [0.2, 0.25) is 0 Å². The molecule has 0 fully saturated rings. The van der Waals surface area contributed by atoms with E-state index in [1.54, 1.807) is 19.6 Å². The molecule has 0 saturated heterocycles. The maximum Gasteiger partial charge on any atom is 0.191 e. The molecule has 0 bridgehead atoms. The van der Waals surface area contributed by atoms with E-state index in [1.807, 2.05) is 31.2 Å². The number of benzene rings is 1. The van der Waals surface area contributed by atoms with Gasteiger partial charge in [0.2, 0.25) is 0 Å². The maximum atomic E-state index is 5.05. The third kappa shape index (κ3) is 4.28. The standard InChI is InChI=1S/C17H21N5O.HI/c1-13-21-15-5-3-4-6-16(15)22(13)9-8-19-17(18-2)20-11-14-7-10-23-12-14;/h3-7,10,12H,8-9,11H2,1-2H3,(H2,18,19,20);1H. The van der Waals surface area contributed by atoms with Crippen molar-refractivity contribution in [2.24, 2.45) is 4.99 Å². The Hall–Kier alpha value is -2.03. The number of aryl methyl sites for hydroxylation is 1. The first-order valence-electron chi connectivity index (χ1n) is 7.65. The molecule has 2 N–H and O–H groups in total. The van der Waals surface area contributed by atoms with Gasteiger partial charge in [0, 0.05) is 32.2 Å². The lowest BCUT2D eigenvalue weighted by Gasteiger charge is -2.12. The van der Waals surface area contributed by atoms with Crippen molar-refractivity contribution in [3.63, 3.8) is 0 Å². The van der Waals surface area contributed by atoms with Crippen molar-refractivity contribution in [3.8, 4) is 0 Å². The zero-order valence-electron chi connectivity index (χ0n) is 13.8. The van der Waals surface area contributed by atoms with Crippen LogP contribution in [0.5, 0.6) is 0 Å². The molecular weight excluding hydrogens is 417 g/mol. The van der Waals surface area contributed by atoms with Crippen molar-refractivity contribution >= 4 is 41.0 Å². The summed E-state index contributed by atoms with van der Waals surface area (Å²) in [5, 5.41) is 6.58. The van der Waals surface area contributed by atoms with Crippen LogP contribution in [0, 0.1) is 6.92 Å². The molecule has 0 saturated carbocycles. The predicted octanol–water partition coefficient (Wildman–Crippen LogP) is 2.92. The highest BCUT2D eigenvalue weighted by Gasteiger charge is 2.06. The van der Waals surface area contributed by atoms with Gasteiger partial charge in [-0.3, -0.25) is 4.99 Å². The second kappa shape index (κ2) is 8.72. The van der Waals surface area contributed by atoms with Gasteiger partial charge >= 0.3 is 0 Å². The summed E-state index contributed by atoms with van der Waals surface area (Å²) in [5.74, 6) is 1.79. The van der Waals surface area contributed by atoms with Crippen LogP contribution in [0.25, 0.3) is 11.0 Å². The van der Waals surface area contributed by atoms with Crippen LogP contribution in [-0.4, -0.2) is 29.1 Å². The number of para-hydroxylation sites is 2. The molecule has 0 aliphatic heterocycles. The molecule has 3 rings (SSSR count). The molecular formula is C17H22IN5O. The summed E-state index contributed by atoms with van der Waals surface area (Å²) >= 11 is 0. The molecule has 2 heterocycles. The van der Waals surface area contributed by atoms with Gasteiger partial charge in [-0.05, 0) is 25.1 Å². The summed E-state index contributed by atoms with van der Waals surface area (Å²) < 4.78 is 7.27. The van der Waals surface area contributed by atoms with Gasteiger partial charge < -0.3 is 19.6 Å². The van der Waals surface area contributed by atoms with Gasteiger partial charge in [-0.15, -0.1) is 24.0 Å². The number of imidazole rings is 1. The molecule has 0 amide bonds. The van der Waals surface area contributed by atoms with Crippen LogP contribution < -0.4 is 10.6 Å². The largest absolute Gasteiger partial charge is 0.472 e. The van der Waals surface area contributed by atoms with Crippen molar-refractivity contribution in [3.05, 3.63) is 54.2 Å². The van der Waals surface area contributed by atoms with E-state index in [0.29, 0.717) is 6.54 Å². The van der Waals surface area contributed by atoms with Crippen molar-refractivity contribution < 1.29 is 4.42 Å². The summed E-state index contributed by atoms with van der Waals surface area (Å²) in [4.78, 5) is 8.81. The fraction of sp³-hybridized carbons (Fsp3) is 0.294. The predicted molar refractivity (Wildman–Crippen MR) is 107 cm³/mol. The number of hydrogen-bond donors (Lipinski definition) is 2. The zero-order chi connectivity index (χ0) is 16.1. The van der Waals surface area contributed by atoms with Gasteiger partial charge in [0.25, 0.3) is 0 Å². The van der Waals surface area contributed by atoms with E-state index in [-0.39, 0.29) is 24.0 Å². The zero-order valence-corrected chi connectivity index (χ0v) is 16.2. The molecule has 0 atom stereocenters. The molecule has 3 aromatic rings. The average molecular weight is 439 g/mol. The minimum absolute atomic E-state index is 0. The second-order valence-corrected chi connectivity index (χ2v) is 5.28. The number of fused-ring (bicyclic) bond motifs is 1. The maximum absolute atomic E-state index is 5.05. The molecule has 2 aromatic heterocycles. The Morgan fingerprint density at radius 2 is 2.08 bits per heavy atom. The summed E-state index contributed by atoms with van der Waals surface area (Å²) in [6.07, 6.45) is 3.39. The van der Waals surface area contributed by atoms with Gasteiger partial charge in [0.1, 0.15) is 5.82 Å². The van der Waals surface area contributed by atoms with Gasteiger partial charge in [-0.1, -0.05) is 12.1 Å². The summed E-state index contributed by atoms with van der Waals surface area (Å²) in [7, 11) is 1.77. The highest BCUT2D eigenvalue weighted by atomic mass is 127. The van der Waals surface area contributed by atoms with Crippen molar-refractivity contribution in [1.82, 2.24) is 20.2 Å². The van der Waals surface area contributed by atoms with Gasteiger partial charge in [-0.25, -0.2) is 4.98 Å². The Balaban J connectivity index is 0.00000208. The average Bonchev–Trinajstić information content (AvgIpc) is 3.18. The smallest absolute Gasteiger partial charge is 0.191 e. The summed E-state index contributed by atoms with van der Waals surface area (Å²) in [6.45, 7) is 4.32. The summed E-state index contributed by atoms with van der Waals surface area (Å²) in [6, 6.07) is 10.1. The minimum atomic E-state index is 0. The van der Waals surface area contributed by atoms with Crippen molar-refractivity contribution in [2.75, 3.05) is 13.6 Å². The Bertz CT molecular complexity index is 795. The number of furan rings is 1. The van der Waals surface area contributed by atoms with E-state index >= 15 is 0 Å². The van der Waals surface area contributed by atoms with Gasteiger partial charge in [0.15, 0.2) is 5.96 Å². The van der Waals surface area contributed by atoms with Crippen LogP contribution >= 0.6 is 24.0 Å². The fourth-order valence-corrected chi connectivity index (χ4v) is 2.56. The molecule has 0 spiro atoms. The number of nitrogens with one attached hydrogen (secondary N) is 2. The third-order valence-corrected chi connectivity index (χ3v) is 3.74. The van der Waals surface area contributed by atoms with Crippen molar-refractivity contribution in [1.29, 1.82) is 0 Å². The van der Waals surface area contributed by atoms with E-state index in [4.69, 9.17) is 4.42 Å². The molecule has 6 nitrogen and oxygen atoms in total. The number of hydrogen-bond acceptors (Lipinski definition) is 3. The Morgan fingerprint density at radius 1 is 1.25 bits per heavy atom. The Kier molecular flexibility index (Phi) is 6.65. The molecule has 0 unspecified atom stereocenters. The third-order valence-electron chi connectivity index (χ3n) is 3.74. The molecule has 128 valence electrons. The topological polar surface area (TPSA) is 67.4 Å². The first-order chi connectivity index (χ1) is 11.3. The fourth-order valence-electron chi connectivity index (χ4n) is 2.56. The first-order valence-corrected chi connectivity index (χ1v) is 7.65. The Morgan fingerprint density at radius 3 is 2.83 bits per heavy atom. The van der Waals surface area contributed by atoms with Crippen molar-refractivity contribution in [2.45, 2.75) is 20.0 Å². The molecule has 7 heteroatoms. The lowest BCUT2D eigenvalue weighted by molar-refractivity contribution is 0.563. The molecule has 1 aromatic carbocycles. The Labute approximate surface area is 158 Å². The van der Waals surface area contributed by atoms with Crippen LogP contribution in [0.1, 0.15) is 11.4 Å². The monoisotopic (exact) mass is 439 g/mol. The number of rotatable bonds is 5. The second-order valence-electron chi connectivity index (χ2n) is 5.28.